The van der Waals surface area contributed by atoms with Crippen LogP contribution >= 0.6 is 0 Å². The second-order valence-corrected chi connectivity index (χ2v) is 26.6. The molecule has 0 radical (unpaired) electrons. The van der Waals surface area contributed by atoms with Crippen LogP contribution in [0, 0.1) is 0 Å². The van der Waals surface area contributed by atoms with Crippen LogP contribution in [0.3, 0.4) is 0 Å². The third-order valence-electron chi connectivity index (χ3n) is 7.10. The van der Waals surface area contributed by atoms with Crippen molar-refractivity contribution in [3.63, 3.8) is 0 Å². The van der Waals surface area contributed by atoms with Gasteiger partial charge in [-0.15, -0.1) is 0 Å². The number of hydrogen-bond donors (Lipinski definition) is 0. The summed E-state index contributed by atoms with van der Waals surface area (Å²) in [7, 11) is -6.23. The molecular formula is C31H25F3O3STe. The third-order valence-corrected chi connectivity index (χ3v) is 32.7. The Labute approximate surface area is 224 Å². The van der Waals surface area contributed by atoms with Crippen molar-refractivity contribution in [2.24, 2.45) is 0 Å². The zero-order valence-electron chi connectivity index (χ0n) is 20.6. The topological polar surface area (TPSA) is 43.4 Å². The van der Waals surface area contributed by atoms with E-state index in [9.17, 15) is 21.6 Å². The molecule has 3 nitrogen and oxygen atoms in total. The zero-order valence-corrected chi connectivity index (χ0v) is 23.8. The number of rotatable bonds is 7. The Kier molecular flexibility index (Phi) is 6.52. The van der Waals surface area contributed by atoms with E-state index in [-0.39, 0.29) is 0 Å². The molecule has 0 unspecified atom stereocenters. The molecule has 5 aromatic rings. The summed E-state index contributed by atoms with van der Waals surface area (Å²) in [6, 6.07) is 42.4. The van der Waals surface area contributed by atoms with Gasteiger partial charge in [0.25, 0.3) is 0 Å². The first kappa shape index (κ1) is 27.2. The van der Waals surface area contributed by atoms with Crippen molar-refractivity contribution in [1.29, 1.82) is 0 Å². The fourth-order valence-electron chi connectivity index (χ4n) is 5.56. The molecule has 0 N–H and O–H groups in total. The van der Waals surface area contributed by atoms with Crippen molar-refractivity contribution < 1.29 is 24.1 Å². The van der Waals surface area contributed by atoms with Gasteiger partial charge in [0.15, 0.2) is 0 Å². The van der Waals surface area contributed by atoms with Crippen LogP contribution in [0.5, 0.6) is 0 Å². The molecule has 39 heavy (non-hydrogen) atoms. The molecule has 0 aliphatic heterocycles. The van der Waals surface area contributed by atoms with Crippen LogP contribution in [0.1, 0.15) is 0 Å². The van der Waals surface area contributed by atoms with Crippen LogP contribution in [0.2, 0.25) is 0 Å². The zero-order chi connectivity index (χ0) is 27.7. The number of alkyl halides is 3. The fourth-order valence-corrected chi connectivity index (χ4v) is 33.7. The van der Waals surface area contributed by atoms with Crippen LogP contribution in [0.15, 0.2) is 152 Å². The average molecular weight is 662 g/mol. The molecule has 5 aromatic carbocycles. The maximum atomic E-state index is 14.6. The Morgan fingerprint density at radius 2 is 0.641 bits per heavy atom. The second kappa shape index (κ2) is 9.35. The van der Waals surface area contributed by atoms with Gasteiger partial charge >= 0.3 is 225 Å². The maximum absolute atomic E-state index is 14.6. The molecule has 0 aromatic heterocycles. The standard InChI is InChI=1S/C31H25F3O3STe/c32-31(33,34)38(35,36)37-39(26-16-6-1-7-17-26,27-18-8-2-9-19-27,28-20-10-3-11-21-28,29-22-12-4-13-23-29)30-24-14-5-15-25-30/h1-25H. The van der Waals surface area contributed by atoms with Gasteiger partial charge in [0, 0.05) is 0 Å². The normalized spacial score (nSPS) is 14.2. The number of halogens is 3. The predicted molar refractivity (Wildman–Crippen MR) is 152 cm³/mol. The first-order valence-electron chi connectivity index (χ1n) is 12.0. The summed E-state index contributed by atoms with van der Waals surface area (Å²) in [6.07, 6.45) is 0. The minimum absolute atomic E-state index is 0.335. The monoisotopic (exact) mass is 664 g/mol. The molecule has 0 aliphatic rings. The van der Waals surface area contributed by atoms with Crippen LogP contribution in [-0.2, 0) is 12.7 Å². The van der Waals surface area contributed by atoms with Gasteiger partial charge in [-0.05, 0) is 0 Å². The molecule has 0 aliphatic carbocycles. The molecular weight excluding hydrogens is 637 g/mol. The summed E-state index contributed by atoms with van der Waals surface area (Å²) in [5, 5.41) is 0. The summed E-state index contributed by atoms with van der Waals surface area (Å²) in [5.74, 6) is 0. The van der Waals surface area contributed by atoms with E-state index in [0.717, 1.165) is 0 Å². The van der Waals surface area contributed by atoms with Gasteiger partial charge in [-0.25, -0.2) is 0 Å². The number of benzene rings is 5. The van der Waals surface area contributed by atoms with Gasteiger partial charge in [0.1, 0.15) is 0 Å². The molecule has 0 bridgehead atoms. The summed E-state index contributed by atoms with van der Waals surface area (Å²) < 4.78 is 79.1. The van der Waals surface area contributed by atoms with Gasteiger partial charge in [0.05, 0.1) is 0 Å². The summed E-state index contributed by atoms with van der Waals surface area (Å²) >= 11 is -7.26. The Bertz CT molecular complexity index is 1440. The molecule has 0 saturated carbocycles. The molecule has 0 amide bonds. The fraction of sp³-hybridized carbons (Fsp3) is 0.0323. The third kappa shape index (κ3) is 3.42. The van der Waals surface area contributed by atoms with E-state index in [1.54, 1.807) is 152 Å². The van der Waals surface area contributed by atoms with Crippen LogP contribution < -0.4 is 18.1 Å². The van der Waals surface area contributed by atoms with Gasteiger partial charge in [-0.3, -0.25) is 0 Å². The second-order valence-electron chi connectivity index (χ2n) is 8.97. The first-order valence-corrected chi connectivity index (χ1v) is 20.2. The van der Waals surface area contributed by atoms with E-state index in [1.165, 1.54) is 0 Å². The van der Waals surface area contributed by atoms with Crippen molar-refractivity contribution in [2.75, 3.05) is 0 Å². The molecule has 0 saturated heterocycles. The molecule has 5 rings (SSSR count). The summed E-state index contributed by atoms with van der Waals surface area (Å²) in [4.78, 5) is 0. The van der Waals surface area contributed by atoms with Crippen molar-refractivity contribution in [1.82, 2.24) is 0 Å². The van der Waals surface area contributed by atoms with Crippen molar-refractivity contribution in [3.05, 3.63) is 152 Å². The predicted octanol–water partition coefficient (Wildman–Crippen LogP) is 4.24. The van der Waals surface area contributed by atoms with Gasteiger partial charge in [-0.2, -0.15) is 0 Å². The molecule has 0 fully saturated rings. The molecule has 0 spiro atoms. The molecule has 200 valence electrons. The van der Waals surface area contributed by atoms with Crippen LogP contribution in [0.4, 0.5) is 13.2 Å². The van der Waals surface area contributed by atoms with E-state index in [0.29, 0.717) is 18.1 Å². The van der Waals surface area contributed by atoms with E-state index in [1.807, 2.05) is 0 Å². The van der Waals surface area contributed by atoms with Gasteiger partial charge in [-0.1, -0.05) is 0 Å². The van der Waals surface area contributed by atoms with Crippen LogP contribution in [0.25, 0.3) is 0 Å². The van der Waals surface area contributed by atoms with Gasteiger partial charge < -0.3 is 0 Å². The van der Waals surface area contributed by atoms with Crippen molar-refractivity contribution >= 4 is 44.0 Å². The number of hydrogen-bond acceptors (Lipinski definition) is 3. The van der Waals surface area contributed by atoms with Crippen molar-refractivity contribution in [3.8, 4) is 0 Å². The Morgan fingerprint density at radius 1 is 0.436 bits per heavy atom. The Balaban J connectivity index is 2.32. The average Bonchev–Trinajstić information content (AvgIpc) is 2.98. The quantitative estimate of drug-likeness (QED) is 0.194. The molecule has 8 heteroatoms. The van der Waals surface area contributed by atoms with E-state index < -0.39 is 31.5 Å². The summed E-state index contributed by atoms with van der Waals surface area (Å²) in [5.41, 5.74) is -5.70. The summed E-state index contributed by atoms with van der Waals surface area (Å²) in [6.45, 7) is 0. The molecule has 0 atom stereocenters. The van der Waals surface area contributed by atoms with E-state index >= 15 is 0 Å². The SMILES string of the molecule is O=S(=O)(O[Te](c1ccccc1)(c1ccccc1)(c1ccccc1)(c1ccccc1)c1ccccc1)C(F)(F)F. The first-order chi connectivity index (χ1) is 18.7. The van der Waals surface area contributed by atoms with Crippen molar-refractivity contribution in [2.45, 2.75) is 5.51 Å². The van der Waals surface area contributed by atoms with E-state index in [2.05, 4.69) is 0 Å². The minimum atomic E-state index is -7.26. The Morgan fingerprint density at radius 3 is 0.821 bits per heavy atom. The van der Waals surface area contributed by atoms with E-state index in [4.69, 9.17) is 2.55 Å². The van der Waals surface area contributed by atoms with Gasteiger partial charge in [0.2, 0.25) is 0 Å². The molecule has 0 heterocycles. The van der Waals surface area contributed by atoms with Crippen LogP contribution in [-0.4, -0.2) is 29.8 Å². The Hall–Kier alpha value is -3.41.